The zero-order valence-electron chi connectivity index (χ0n) is 10.3. The minimum atomic E-state index is -0.485. The van der Waals surface area contributed by atoms with E-state index in [-0.39, 0.29) is 6.09 Å². The topological polar surface area (TPSA) is 29.5 Å². The van der Waals surface area contributed by atoms with Gasteiger partial charge in [0.2, 0.25) is 0 Å². The number of anilines is 1. The van der Waals surface area contributed by atoms with Gasteiger partial charge in [-0.25, -0.2) is 4.79 Å². The standard InChI is InChI=1S/C12H15BrINO2/c1-12(2,3)17-11(16)15(4)10-6-5-8(14)7-9(10)13/h5-7H,1-4H3. The lowest BCUT2D eigenvalue weighted by Crippen LogP contribution is -2.34. The van der Waals surface area contributed by atoms with Gasteiger partial charge in [0.25, 0.3) is 0 Å². The van der Waals surface area contributed by atoms with E-state index >= 15 is 0 Å². The highest BCUT2D eigenvalue weighted by molar-refractivity contribution is 14.1. The van der Waals surface area contributed by atoms with E-state index in [2.05, 4.69) is 38.5 Å². The van der Waals surface area contributed by atoms with E-state index in [1.54, 1.807) is 7.05 Å². The number of nitrogens with zero attached hydrogens (tertiary/aromatic N) is 1. The Kier molecular flexibility index (Phi) is 4.83. The Hall–Kier alpha value is -0.300. The number of hydrogen-bond acceptors (Lipinski definition) is 2. The molecule has 0 N–H and O–H groups in total. The first-order valence-corrected chi connectivity index (χ1v) is 6.99. The van der Waals surface area contributed by atoms with Crippen molar-refractivity contribution in [2.24, 2.45) is 0 Å². The van der Waals surface area contributed by atoms with Gasteiger partial charge in [0.1, 0.15) is 5.60 Å². The van der Waals surface area contributed by atoms with Gasteiger partial charge in [-0.15, -0.1) is 0 Å². The SMILES string of the molecule is CN(C(=O)OC(C)(C)C)c1ccc(I)cc1Br. The molecule has 94 valence electrons. The van der Waals surface area contributed by atoms with Crippen molar-refractivity contribution in [3.05, 3.63) is 26.2 Å². The summed E-state index contributed by atoms with van der Waals surface area (Å²) in [6.07, 6.45) is -0.362. The smallest absolute Gasteiger partial charge is 0.414 e. The Morgan fingerprint density at radius 2 is 2.00 bits per heavy atom. The molecule has 1 amide bonds. The van der Waals surface area contributed by atoms with Crippen molar-refractivity contribution in [1.29, 1.82) is 0 Å². The third-order valence-electron chi connectivity index (χ3n) is 1.94. The molecule has 0 radical (unpaired) electrons. The predicted octanol–water partition coefficient (Wildman–Crippen LogP) is 4.43. The molecule has 0 spiro atoms. The normalized spacial score (nSPS) is 11.2. The summed E-state index contributed by atoms with van der Waals surface area (Å²) in [4.78, 5) is 13.4. The van der Waals surface area contributed by atoms with Crippen LogP contribution in [-0.4, -0.2) is 18.7 Å². The van der Waals surface area contributed by atoms with Crippen LogP contribution in [0.15, 0.2) is 22.7 Å². The predicted molar refractivity (Wildman–Crippen MR) is 81.5 cm³/mol. The molecule has 0 fully saturated rings. The van der Waals surface area contributed by atoms with E-state index in [0.717, 1.165) is 13.7 Å². The lowest BCUT2D eigenvalue weighted by Gasteiger charge is -2.25. The fourth-order valence-corrected chi connectivity index (χ4v) is 2.75. The molecule has 17 heavy (non-hydrogen) atoms. The largest absolute Gasteiger partial charge is 0.443 e. The maximum atomic E-state index is 11.9. The molecule has 0 aliphatic heterocycles. The molecule has 1 rings (SSSR count). The molecule has 0 bridgehead atoms. The Morgan fingerprint density at radius 3 is 2.47 bits per heavy atom. The maximum Gasteiger partial charge on any atom is 0.414 e. The van der Waals surface area contributed by atoms with E-state index < -0.39 is 5.60 Å². The first kappa shape index (κ1) is 14.8. The average molecular weight is 412 g/mol. The van der Waals surface area contributed by atoms with Crippen LogP contribution >= 0.6 is 38.5 Å². The summed E-state index contributed by atoms with van der Waals surface area (Å²) >= 11 is 5.66. The molecule has 0 saturated heterocycles. The number of hydrogen-bond donors (Lipinski definition) is 0. The maximum absolute atomic E-state index is 11.9. The lowest BCUT2D eigenvalue weighted by molar-refractivity contribution is 0.0589. The van der Waals surface area contributed by atoms with Crippen molar-refractivity contribution in [3.63, 3.8) is 0 Å². The highest BCUT2D eigenvalue weighted by Crippen LogP contribution is 2.28. The van der Waals surface area contributed by atoms with E-state index in [1.165, 1.54) is 4.90 Å². The van der Waals surface area contributed by atoms with Crippen LogP contribution in [-0.2, 0) is 4.74 Å². The Labute approximate surface area is 124 Å². The van der Waals surface area contributed by atoms with Crippen LogP contribution in [0.2, 0.25) is 0 Å². The van der Waals surface area contributed by atoms with Gasteiger partial charge in [-0.1, -0.05) is 0 Å². The summed E-state index contributed by atoms with van der Waals surface area (Å²) in [6, 6.07) is 5.79. The molecule has 0 aliphatic rings. The number of rotatable bonds is 1. The molecule has 0 aliphatic carbocycles. The minimum Gasteiger partial charge on any atom is -0.443 e. The van der Waals surface area contributed by atoms with Crippen molar-refractivity contribution in [2.45, 2.75) is 26.4 Å². The molecular weight excluding hydrogens is 397 g/mol. The quantitative estimate of drug-likeness (QED) is 0.640. The van der Waals surface area contributed by atoms with Crippen LogP contribution in [0, 0.1) is 3.57 Å². The lowest BCUT2D eigenvalue weighted by atomic mass is 10.2. The molecule has 0 unspecified atom stereocenters. The van der Waals surface area contributed by atoms with E-state index in [4.69, 9.17) is 4.74 Å². The summed E-state index contributed by atoms with van der Waals surface area (Å²) in [5, 5.41) is 0. The Morgan fingerprint density at radius 1 is 1.41 bits per heavy atom. The second-order valence-electron chi connectivity index (χ2n) is 4.64. The number of halogens is 2. The average Bonchev–Trinajstić information content (AvgIpc) is 2.14. The minimum absolute atomic E-state index is 0.362. The van der Waals surface area contributed by atoms with Crippen molar-refractivity contribution in [1.82, 2.24) is 0 Å². The number of benzene rings is 1. The number of ether oxygens (including phenoxy) is 1. The number of amides is 1. The van der Waals surface area contributed by atoms with Crippen LogP contribution in [0.1, 0.15) is 20.8 Å². The van der Waals surface area contributed by atoms with Crippen molar-refractivity contribution in [3.8, 4) is 0 Å². The second-order valence-corrected chi connectivity index (χ2v) is 6.74. The van der Waals surface area contributed by atoms with Crippen LogP contribution < -0.4 is 4.90 Å². The van der Waals surface area contributed by atoms with Gasteiger partial charge in [0, 0.05) is 15.1 Å². The van der Waals surface area contributed by atoms with Gasteiger partial charge in [0.15, 0.2) is 0 Å². The molecule has 1 aromatic rings. The first-order chi connectivity index (χ1) is 7.70. The number of carbonyl (C=O) groups is 1. The highest BCUT2D eigenvalue weighted by atomic mass is 127. The summed E-state index contributed by atoms with van der Waals surface area (Å²) < 4.78 is 7.28. The van der Waals surface area contributed by atoms with Gasteiger partial charge in [-0.3, -0.25) is 4.90 Å². The van der Waals surface area contributed by atoms with Crippen LogP contribution in [0.25, 0.3) is 0 Å². The Balaban J connectivity index is 2.89. The Bertz CT molecular complexity index is 429. The summed E-state index contributed by atoms with van der Waals surface area (Å²) in [5.74, 6) is 0. The molecular formula is C12H15BrINO2. The fraction of sp³-hybridized carbons (Fsp3) is 0.417. The van der Waals surface area contributed by atoms with Gasteiger partial charge in [0.05, 0.1) is 5.69 Å². The first-order valence-electron chi connectivity index (χ1n) is 5.12. The monoisotopic (exact) mass is 411 g/mol. The third kappa shape index (κ3) is 4.46. The molecule has 0 aromatic heterocycles. The number of carbonyl (C=O) groups excluding carboxylic acids is 1. The van der Waals surface area contributed by atoms with Gasteiger partial charge in [-0.2, -0.15) is 0 Å². The van der Waals surface area contributed by atoms with E-state index in [0.29, 0.717) is 0 Å². The third-order valence-corrected chi connectivity index (χ3v) is 3.24. The van der Waals surface area contributed by atoms with Crippen LogP contribution in [0.5, 0.6) is 0 Å². The molecule has 1 aromatic carbocycles. The van der Waals surface area contributed by atoms with Gasteiger partial charge < -0.3 is 4.74 Å². The second kappa shape index (κ2) is 5.56. The summed E-state index contributed by atoms with van der Waals surface area (Å²) in [5.41, 5.74) is 0.306. The molecule has 0 saturated carbocycles. The zero-order chi connectivity index (χ0) is 13.2. The van der Waals surface area contributed by atoms with Crippen molar-refractivity contribution >= 4 is 50.3 Å². The highest BCUT2D eigenvalue weighted by Gasteiger charge is 2.21. The van der Waals surface area contributed by atoms with Gasteiger partial charge in [-0.05, 0) is 77.5 Å². The fourth-order valence-electron chi connectivity index (χ4n) is 1.18. The van der Waals surface area contributed by atoms with E-state index in [9.17, 15) is 4.79 Å². The molecule has 0 atom stereocenters. The zero-order valence-corrected chi connectivity index (χ0v) is 14.0. The molecule has 3 nitrogen and oxygen atoms in total. The van der Waals surface area contributed by atoms with Crippen molar-refractivity contribution in [2.75, 3.05) is 11.9 Å². The van der Waals surface area contributed by atoms with Crippen LogP contribution in [0.4, 0.5) is 10.5 Å². The van der Waals surface area contributed by atoms with E-state index in [1.807, 2.05) is 39.0 Å². The summed E-state index contributed by atoms with van der Waals surface area (Å²) in [6.45, 7) is 5.55. The van der Waals surface area contributed by atoms with Crippen molar-refractivity contribution < 1.29 is 9.53 Å². The van der Waals surface area contributed by atoms with Gasteiger partial charge >= 0.3 is 6.09 Å². The molecule has 0 heterocycles. The van der Waals surface area contributed by atoms with Crippen LogP contribution in [0.3, 0.4) is 0 Å². The molecule has 5 heteroatoms. The summed E-state index contributed by atoms with van der Waals surface area (Å²) in [7, 11) is 1.70.